The monoisotopic (exact) mass is 255 g/mol. The van der Waals surface area contributed by atoms with Crippen molar-refractivity contribution in [1.29, 1.82) is 0 Å². The highest BCUT2D eigenvalue weighted by Gasteiger charge is 2.35. The topological polar surface area (TPSA) is 61.5 Å². The largest absolute Gasteiger partial charge is 0.462 e. The van der Waals surface area contributed by atoms with Gasteiger partial charge < -0.3 is 15.2 Å². The summed E-state index contributed by atoms with van der Waals surface area (Å²) in [6, 6.07) is 0. The van der Waals surface area contributed by atoms with Crippen LogP contribution >= 0.6 is 0 Å². The number of rotatable bonds is 3. The quantitative estimate of drug-likeness (QED) is 0.782. The predicted octanol–water partition coefficient (Wildman–Crippen LogP) is 1.86. The summed E-state index contributed by atoms with van der Waals surface area (Å²) in [5, 5.41) is 0. The maximum atomic E-state index is 12.2. The van der Waals surface area contributed by atoms with Gasteiger partial charge in [0.05, 0.1) is 18.1 Å². The van der Waals surface area contributed by atoms with Crippen LogP contribution in [0, 0.1) is 11.8 Å². The van der Waals surface area contributed by atoms with Crippen LogP contribution in [0.4, 0.5) is 0 Å². The second kappa shape index (κ2) is 6.02. The van der Waals surface area contributed by atoms with Crippen molar-refractivity contribution in [2.24, 2.45) is 17.6 Å². The molecule has 1 saturated heterocycles. The number of carbonyl (C=O) groups excluding carboxylic acids is 1. The maximum absolute atomic E-state index is 12.2. The SMILES string of the molecule is CC1CC(OC(=O)C2CCCC2CN)CC(C)O1. The van der Waals surface area contributed by atoms with Crippen molar-refractivity contribution >= 4 is 5.97 Å². The van der Waals surface area contributed by atoms with Crippen LogP contribution in [0.25, 0.3) is 0 Å². The molecule has 4 unspecified atom stereocenters. The van der Waals surface area contributed by atoms with Gasteiger partial charge in [0.15, 0.2) is 0 Å². The molecule has 4 nitrogen and oxygen atoms in total. The molecular weight excluding hydrogens is 230 g/mol. The number of esters is 1. The van der Waals surface area contributed by atoms with E-state index < -0.39 is 0 Å². The second-order valence-electron chi connectivity index (χ2n) is 5.82. The van der Waals surface area contributed by atoms with Crippen LogP contribution < -0.4 is 5.73 Å². The fraction of sp³-hybridized carbons (Fsp3) is 0.929. The average Bonchev–Trinajstić information content (AvgIpc) is 2.75. The zero-order valence-electron chi connectivity index (χ0n) is 11.4. The van der Waals surface area contributed by atoms with Crippen LogP contribution in [-0.4, -0.2) is 30.8 Å². The normalized spacial score (nSPS) is 40.7. The Hall–Kier alpha value is -0.610. The lowest BCUT2D eigenvalue weighted by atomic mass is 9.96. The number of nitrogens with two attached hydrogens (primary N) is 1. The van der Waals surface area contributed by atoms with Gasteiger partial charge >= 0.3 is 5.97 Å². The molecule has 0 bridgehead atoms. The molecule has 0 radical (unpaired) electrons. The third-order valence-electron chi connectivity index (χ3n) is 4.20. The zero-order chi connectivity index (χ0) is 13.1. The number of hydrogen-bond acceptors (Lipinski definition) is 4. The van der Waals surface area contributed by atoms with Crippen molar-refractivity contribution in [3.05, 3.63) is 0 Å². The summed E-state index contributed by atoms with van der Waals surface area (Å²) in [7, 11) is 0. The van der Waals surface area contributed by atoms with Gasteiger partial charge in [0, 0.05) is 12.8 Å². The van der Waals surface area contributed by atoms with Crippen LogP contribution in [0.2, 0.25) is 0 Å². The summed E-state index contributed by atoms with van der Waals surface area (Å²) < 4.78 is 11.3. The van der Waals surface area contributed by atoms with Crippen molar-refractivity contribution in [2.45, 2.75) is 64.3 Å². The number of carbonyl (C=O) groups is 1. The summed E-state index contributed by atoms with van der Waals surface area (Å²) in [6.07, 6.45) is 5.12. The molecule has 104 valence electrons. The minimum atomic E-state index is -0.0331. The Balaban J connectivity index is 1.86. The van der Waals surface area contributed by atoms with E-state index in [1.807, 2.05) is 13.8 Å². The molecule has 1 aliphatic heterocycles. The molecule has 2 rings (SSSR count). The highest BCUT2D eigenvalue weighted by atomic mass is 16.6. The van der Waals surface area contributed by atoms with Gasteiger partial charge in [0.1, 0.15) is 6.10 Å². The molecule has 4 heteroatoms. The Morgan fingerprint density at radius 3 is 2.56 bits per heavy atom. The first-order valence-electron chi connectivity index (χ1n) is 7.16. The number of hydrogen-bond donors (Lipinski definition) is 1. The van der Waals surface area contributed by atoms with Crippen LogP contribution in [-0.2, 0) is 14.3 Å². The Morgan fingerprint density at radius 1 is 1.28 bits per heavy atom. The maximum Gasteiger partial charge on any atom is 0.309 e. The lowest BCUT2D eigenvalue weighted by Crippen LogP contribution is -2.37. The van der Waals surface area contributed by atoms with E-state index >= 15 is 0 Å². The molecule has 0 amide bonds. The van der Waals surface area contributed by atoms with Gasteiger partial charge in [-0.05, 0) is 39.2 Å². The molecule has 1 aliphatic carbocycles. The van der Waals surface area contributed by atoms with Gasteiger partial charge in [-0.15, -0.1) is 0 Å². The summed E-state index contributed by atoms with van der Waals surface area (Å²) in [5.74, 6) is 0.324. The zero-order valence-corrected chi connectivity index (χ0v) is 11.4. The van der Waals surface area contributed by atoms with Crippen molar-refractivity contribution in [2.75, 3.05) is 6.54 Å². The molecule has 2 aliphatic rings. The van der Waals surface area contributed by atoms with E-state index in [9.17, 15) is 4.79 Å². The van der Waals surface area contributed by atoms with Crippen LogP contribution in [0.15, 0.2) is 0 Å². The van der Waals surface area contributed by atoms with Crippen molar-refractivity contribution < 1.29 is 14.3 Å². The van der Waals surface area contributed by atoms with E-state index in [4.69, 9.17) is 15.2 Å². The van der Waals surface area contributed by atoms with Gasteiger partial charge in [-0.2, -0.15) is 0 Å². The fourth-order valence-corrected chi connectivity index (χ4v) is 3.32. The van der Waals surface area contributed by atoms with Gasteiger partial charge in [0.25, 0.3) is 0 Å². The molecule has 0 spiro atoms. The Kier molecular flexibility index (Phi) is 4.62. The molecule has 0 aromatic carbocycles. The molecule has 18 heavy (non-hydrogen) atoms. The highest BCUT2D eigenvalue weighted by Crippen LogP contribution is 2.33. The molecule has 0 aromatic heterocycles. The average molecular weight is 255 g/mol. The summed E-state index contributed by atoms with van der Waals surface area (Å²) >= 11 is 0. The molecular formula is C14H25NO3. The third-order valence-corrected chi connectivity index (χ3v) is 4.20. The lowest BCUT2D eigenvalue weighted by molar-refractivity contribution is -0.165. The summed E-state index contributed by atoms with van der Waals surface area (Å²) in [4.78, 5) is 12.2. The van der Waals surface area contributed by atoms with E-state index in [0.717, 1.165) is 32.1 Å². The first-order chi connectivity index (χ1) is 8.60. The molecule has 2 fully saturated rings. The van der Waals surface area contributed by atoms with Crippen molar-refractivity contribution in [1.82, 2.24) is 0 Å². The van der Waals surface area contributed by atoms with E-state index in [1.54, 1.807) is 0 Å². The van der Waals surface area contributed by atoms with Gasteiger partial charge in [-0.1, -0.05) is 6.42 Å². The minimum Gasteiger partial charge on any atom is -0.462 e. The van der Waals surface area contributed by atoms with Crippen LogP contribution in [0.1, 0.15) is 46.0 Å². The Bertz CT molecular complexity index is 285. The highest BCUT2D eigenvalue weighted by molar-refractivity contribution is 5.73. The van der Waals surface area contributed by atoms with Gasteiger partial charge in [-0.25, -0.2) is 0 Å². The van der Waals surface area contributed by atoms with Crippen LogP contribution in [0.3, 0.4) is 0 Å². The Morgan fingerprint density at radius 2 is 1.94 bits per heavy atom. The third kappa shape index (κ3) is 3.23. The minimum absolute atomic E-state index is 0.0234. The van der Waals surface area contributed by atoms with E-state index in [1.165, 1.54) is 0 Å². The van der Waals surface area contributed by atoms with E-state index in [2.05, 4.69) is 0 Å². The van der Waals surface area contributed by atoms with Crippen molar-refractivity contribution in [3.63, 3.8) is 0 Å². The number of ether oxygens (including phenoxy) is 2. The van der Waals surface area contributed by atoms with Gasteiger partial charge in [-0.3, -0.25) is 4.79 Å². The predicted molar refractivity (Wildman–Crippen MR) is 69.0 cm³/mol. The van der Waals surface area contributed by atoms with Crippen molar-refractivity contribution in [3.8, 4) is 0 Å². The molecule has 4 atom stereocenters. The van der Waals surface area contributed by atoms with E-state index in [0.29, 0.717) is 12.5 Å². The fourth-order valence-electron chi connectivity index (χ4n) is 3.32. The summed E-state index contributed by atoms with van der Waals surface area (Å²) in [6.45, 7) is 4.67. The Labute approximate surface area is 109 Å². The first-order valence-corrected chi connectivity index (χ1v) is 7.16. The molecule has 2 N–H and O–H groups in total. The first kappa shape index (κ1) is 13.8. The van der Waals surface area contributed by atoms with Crippen LogP contribution in [0.5, 0.6) is 0 Å². The molecule has 1 saturated carbocycles. The molecule has 1 heterocycles. The van der Waals surface area contributed by atoms with E-state index in [-0.39, 0.29) is 30.2 Å². The molecule has 0 aromatic rings. The lowest BCUT2D eigenvalue weighted by Gasteiger charge is -2.32. The van der Waals surface area contributed by atoms with Gasteiger partial charge in [0.2, 0.25) is 0 Å². The summed E-state index contributed by atoms with van der Waals surface area (Å²) in [5.41, 5.74) is 5.71. The smallest absolute Gasteiger partial charge is 0.309 e. The standard InChI is InChI=1S/C14H25NO3/c1-9-6-12(7-10(2)17-9)18-14(16)13-5-3-4-11(13)8-15/h9-13H,3-8,15H2,1-2H3. The second-order valence-corrected chi connectivity index (χ2v) is 5.82.